The van der Waals surface area contributed by atoms with Crippen LogP contribution in [0.2, 0.25) is 0 Å². The van der Waals surface area contributed by atoms with Crippen LogP contribution in [0.15, 0.2) is 154 Å². The summed E-state index contributed by atoms with van der Waals surface area (Å²) < 4.78 is 12.7. The third-order valence-electron chi connectivity index (χ3n) is 9.75. The molecule has 1 aliphatic carbocycles. The van der Waals surface area contributed by atoms with Crippen LogP contribution in [0, 0.1) is 0 Å². The predicted molar refractivity (Wildman–Crippen MR) is 193 cm³/mol. The molecule has 0 amide bonds. The molecular formula is C44H28O2. The molecule has 7 aromatic carbocycles. The van der Waals surface area contributed by atoms with Gasteiger partial charge < -0.3 is 8.83 Å². The van der Waals surface area contributed by atoms with E-state index in [-0.39, 0.29) is 0 Å². The number of allylic oxidation sites excluding steroid dienone is 4. The van der Waals surface area contributed by atoms with Crippen molar-refractivity contribution >= 4 is 71.0 Å². The second-order valence-corrected chi connectivity index (χ2v) is 12.3. The number of benzene rings is 7. The number of hydrogen-bond donors (Lipinski definition) is 0. The van der Waals surface area contributed by atoms with Crippen LogP contribution in [-0.4, -0.2) is 0 Å². The SMILES string of the molecule is C1=CCCC(c2ccc(-c3c4ccccc4c(-c4ccc5oc6cc7c(cc6c5c4)oc4ccccc47)c4ccccc34)cc2)=C1. The molecule has 0 aliphatic heterocycles. The third kappa shape index (κ3) is 3.77. The van der Waals surface area contributed by atoms with Gasteiger partial charge in [0.15, 0.2) is 0 Å². The summed E-state index contributed by atoms with van der Waals surface area (Å²) in [7, 11) is 0. The normalized spacial score (nSPS) is 13.5. The van der Waals surface area contributed by atoms with Crippen molar-refractivity contribution in [3.8, 4) is 22.3 Å². The second kappa shape index (κ2) is 9.82. The van der Waals surface area contributed by atoms with E-state index in [1.54, 1.807) is 0 Å². The van der Waals surface area contributed by atoms with E-state index in [0.717, 1.165) is 56.7 Å². The Morgan fingerprint density at radius 2 is 0.891 bits per heavy atom. The van der Waals surface area contributed by atoms with Crippen LogP contribution in [0.4, 0.5) is 0 Å². The van der Waals surface area contributed by atoms with Gasteiger partial charge in [0.1, 0.15) is 22.3 Å². The van der Waals surface area contributed by atoms with Crippen LogP contribution in [0.5, 0.6) is 0 Å². The molecular weight excluding hydrogens is 560 g/mol. The molecule has 0 unspecified atom stereocenters. The van der Waals surface area contributed by atoms with Crippen molar-refractivity contribution < 1.29 is 8.83 Å². The number of furan rings is 2. The Hall–Kier alpha value is -5.86. The molecule has 2 aromatic heterocycles. The first-order chi connectivity index (χ1) is 22.8. The lowest BCUT2D eigenvalue weighted by molar-refractivity contribution is 0.664. The van der Waals surface area contributed by atoms with Gasteiger partial charge in [-0.3, -0.25) is 0 Å². The Bertz CT molecular complexity index is 2670. The van der Waals surface area contributed by atoms with Gasteiger partial charge in [0, 0.05) is 21.5 Å². The Kier molecular flexibility index (Phi) is 5.44. The molecule has 0 bridgehead atoms. The van der Waals surface area contributed by atoms with Crippen molar-refractivity contribution in [2.24, 2.45) is 0 Å². The van der Waals surface area contributed by atoms with E-state index in [1.807, 2.05) is 12.1 Å². The molecule has 1 aliphatic rings. The molecule has 216 valence electrons. The van der Waals surface area contributed by atoms with Crippen LogP contribution in [0.3, 0.4) is 0 Å². The highest BCUT2D eigenvalue weighted by Gasteiger charge is 2.19. The highest BCUT2D eigenvalue weighted by Crippen LogP contribution is 2.45. The largest absolute Gasteiger partial charge is 0.456 e. The minimum Gasteiger partial charge on any atom is -0.456 e. The van der Waals surface area contributed by atoms with Gasteiger partial charge in [-0.25, -0.2) is 0 Å². The Balaban J connectivity index is 1.20. The molecule has 0 N–H and O–H groups in total. The molecule has 0 radical (unpaired) electrons. The minimum absolute atomic E-state index is 0.875. The topological polar surface area (TPSA) is 26.3 Å². The van der Waals surface area contributed by atoms with Crippen molar-refractivity contribution in [1.29, 1.82) is 0 Å². The Morgan fingerprint density at radius 3 is 1.52 bits per heavy atom. The molecule has 2 heterocycles. The van der Waals surface area contributed by atoms with Gasteiger partial charge in [0.2, 0.25) is 0 Å². The lowest BCUT2D eigenvalue weighted by Crippen LogP contribution is -1.92. The standard InChI is InChI=1S/C44H28O2/c1-2-10-27(11-3-1)28-18-20-29(21-19-28)43-32-13-4-6-15-34(32)44(35-16-7-5-14-33(35)43)30-22-23-40-36(24-30)38-26-41-37(25-42(38)46-40)31-12-8-9-17-39(31)45-41/h1-2,4-10,12-26H,3,11H2. The average Bonchev–Trinajstić information content (AvgIpc) is 3.67. The van der Waals surface area contributed by atoms with Gasteiger partial charge in [0.25, 0.3) is 0 Å². The van der Waals surface area contributed by atoms with E-state index >= 15 is 0 Å². The maximum absolute atomic E-state index is 6.43. The zero-order valence-corrected chi connectivity index (χ0v) is 25.1. The van der Waals surface area contributed by atoms with E-state index < -0.39 is 0 Å². The monoisotopic (exact) mass is 588 g/mol. The van der Waals surface area contributed by atoms with Crippen LogP contribution in [0.1, 0.15) is 18.4 Å². The van der Waals surface area contributed by atoms with E-state index in [9.17, 15) is 0 Å². The van der Waals surface area contributed by atoms with E-state index in [1.165, 1.54) is 54.9 Å². The molecule has 0 saturated heterocycles. The smallest absolute Gasteiger partial charge is 0.136 e. The fraction of sp³-hybridized carbons (Fsp3) is 0.0455. The van der Waals surface area contributed by atoms with Crippen LogP contribution >= 0.6 is 0 Å². The highest BCUT2D eigenvalue weighted by molar-refractivity contribution is 6.22. The Labute approximate surface area is 265 Å². The number of para-hydroxylation sites is 1. The molecule has 0 fully saturated rings. The van der Waals surface area contributed by atoms with Crippen LogP contribution in [-0.2, 0) is 0 Å². The van der Waals surface area contributed by atoms with Gasteiger partial charge in [-0.15, -0.1) is 0 Å². The zero-order valence-electron chi connectivity index (χ0n) is 25.1. The molecule has 0 spiro atoms. The summed E-state index contributed by atoms with van der Waals surface area (Å²) in [5.41, 5.74) is 11.2. The second-order valence-electron chi connectivity index (χ2n) is 12.3. The first-order valence-corrected chi connectivity index (χ1v) is 16.0. The maximum atomic E-state index is 6.43. The molecule has 46 heavy (non-hydrogen) atoms. The summed E-state index contributed by atoms with van der Waals surface area (Å²) >= 11 is 0. The Morgan fingerprint density at radius 1 is 0.391 bits per heavy atom. The van der Waals surface area contributed by atoms with Gasteiger partial charge in [-0.2, -0.15) is 0 Å². The van der Waals surface area contributed by atoms with Gasteiger partial charge in [0.05, 0.1) is 0 Å². The summed E-state index contributed by atoms with van der Waals surface area (Å²) in [6.45, 7) is 0. The first kappa shape index (κ1) is 25.5. The highest BCUT2D eigenvalue weighted by atomic mass is 16.3. The minimum atomic E-state index is 0.875. The fourth-order valence-corrected chi connectivity index (χ4v) is 7.59. The zero-order chi connectivity index (χ0) is 30.2. The summed E-state index contributed by atoms with van der Waals surface area (Å²) in [5, 5.41) is 9.34. The first-order valence-electron chi connectivity index (χ1n) is 16.0. The molecule has 2 heteroatoms. The summed E-state index contributed by atoms with van der Waals surface area (Å²) in [6.07, 6.45) is 8.86. The number of rotatable bonds is 3. The lowest BCUT2D eigenvalue weighted by Gasteiger charge is -2.18. The maximum Gasteiger partial charge on any atom is 0.136 e. The number of fused-ring (bicyclic) bond motifs is 8. The predicted octanol–water partition coefficient (Wildman–Crippen LogP) is 12.9. The molecule has 9 aromatic rings. The third-order valence-corrected chi connectivity index (χ3v) is 9.75. The molecule has 0 saturated carbocycles. The van der Waals surface area contributed by atoms with Crippen molar-refractivity contribution in [2.75, 3.05) is 0 Å². The van der Waals surface area contributed by atoms with Gasteiger partial charge >= 0.3 is 0 Å². The summed E-state index contributed by atoms with van der Waals surface area (Å²) in [4.78, 5) is 0. The van der Waals surface area contributed by atoms with E-state index in [2.05, 4.69) is 133 Å². The summed E-state index contributed by atoms with van der Waals surface area (Å²) in [5.74, 6) is 0. The molecule has 2 nitrogen and oxygen atoms in total. The van der Waals surface area contributed by atoms with Gasteiger partial charge in [-0.1, -0.05) is 115 Å². The van der Waals surface area contributed by atoms with Crippen molar-refractivity contribution in [3.05, 3.63) is 151 Å². The number of hydrogen-bond acceptors (Lipinski definition) is 2. The van der Waals surface area contributed by atoms with Crippen molar-refractivity contribution in [3.63, 3.8) is 0 Å². The summed E-state index contributed by atoms with van der Waals surface area (Å²) in [6, 6.07) is 45.9. The molecule has 10 rings (SSSR count). The van der Waals surface area contributed by atoms with Gasteiger partial charge in [-0.05, 0) is 98.1 Å². The van der Waals surface area contributed by atoms with E-state index in [4.69, 9.17) is 8.83 Å². The van der Waals surface area contributed by atoms with Crippen LogP contribution < -0.4 is 0 Å². The average molecular weight is 589 g/mol. The molecule has 0 atom stereocenters. The van der Waals surface area contributed by atoms with E-state index in [0.29, 0.717) is 0 Å². The lowest BCUT2D eigenvalue weighted by atomic mass is 9.85. The van der Waals surface area contributed by atoms with Crippen molar-refractivity contribution in [2.45, 2.75) is 12.8 Å². The van der Waals surface area contributed by atoms with Crippen LogP contribution in [0.25, 0.3) is 93.2 Å². The fourth-order valence-electron chi connectivity index (χ4n) is 7.59. The van der Waals surface area contributed by atoms with Crippen molar-refractivity contribution in [1.82, 2.24) is 0 Å². The quantitative estimate of drug-likeness (QED) is 0.192.